The van der Waals surface area contributed by atoms with Gasteiger partial charge in [-0.1, -0.05) is 0 Å². The monoisotopic (exact) mass is 556 g/mol. The van der Waals surface area contributed by atoms with E-state index in [1.54, 1.807) is 23.5 Å². The van der Waals surface area contributed by atoms with Crippen LogP contribution < -0.4 is 9.05 Å². The van der Waals surface area contributed by atoms with E-state index >= 15 is 0 Å². The molecule has 0 spiro atoms. The van der Waals surface area contributed by atoms with E-state index in [0.717, 1.165) is 11.1 Å². The summed E-state index contributed by atoms with van der Waals surface area (Å²) < 4.78 is 31.4. The van der Waals surface area contributed by atoms with Crippen LogP contribution in [0.2, 0.25) is 0 Å². The van der Waals surface area contributed by atoms with E-state index in [9.17, 15) is 0 Å². The quantitative estimate of drug-likeness (QED) is 0.221. The predicted molar refractivity (Wildman–Crippen MR) is 144 cm³/mol. The molecule has 0 heterocycles. The lowest BCUT2D eigenvalue weighted by Crippen LogP contribution is -1.97. The molecule has 12 heteroatoms. The van der Waals surface area contributed by atoms with E-state index in [2.05, 4.69) is 0 Å². The lowest BCUT2D eigenvalue weighted by molar-refractivity contribution is 0.272. The van der Waals surface area contributed by atoms with Gasteiger partial charge in [0.25, 0.3) is 0 Å². The second-order valence-corrected chi connectivity index (χ2v) is 14.1. The maximum Gasteiger partial charge on any atom is 0.380 e. The van der Waals surface area contributed by atoms with Gasteiger partial charge >= 0.3 is 13.4 Å². The summed E-state index contributed by atoms with van der Waals surface area (Å²) in [4.78, 5) is 2.44. The van der Waals surface area contributed by atoms with Crippen LogP contribution in [0.15, 0.2) is 46.2 Å². The van der Waals surface area contributed by atoms with Crippen molar-refractivity contribution in [3.05, 3.63) is 47.5 Å². The first-order valence-corrected chi connectivity index (χ1v) is 16.8. The molecule has 0 aliphatic rings. The number of benzene rings is 2. The molecule has 32 heavy (non-hydrogen) atoms. The Hall–Kier alpha value is -0.120. The van der Waals surface area contributed by atoms with E-state index in [4.69, 9.17) is 50.8 Å². The molecule has 2 aromatic carbocycles. The molecule has 0 N–H and O–H groups in total. The van der Waals surface area contributed by atoms with Gasteiger partial charge in [-0.25, -0.2) is 0 Å². The summed E-state index contributed by atoms with van der Waals surface area (Å²) in [5.41, 5.74) is 2.30. The Kier molecular flexibility index (Phi) is 13.4. The molecule has 0 saturated carbocycles. The summed E-state index contributed by atoms with van der Waals surface area (Å²) in [5.74, 6) is 1.37. The SMILES string of the molecule is COP(=S)(OC)Oc1ccc(SC)c(C)c1.COP(=S)(OC)Oc1ccc(SC)c(C)c1. The van der Waals surface area contributed by atoms with Gasteiger partial charge in [0.05, 0.1) is 0 Å². The van der Waals surface area contributed by atoms with E-state index in [-0.39, 0.29) is 0 Å². The Morgan fingerprint density at radius 2 is 0.938 bits per heavy atom. The summed E-state index contributed by atoms with van der Waals surface area (Å²) in [5, 5.41) is 0. The topological polar surface area (TPSA) is 55.4 Å². The third kappa shape index (κ3) is 9.26. The molecule has 0 unspecified atom stereocenters. The van der Waals surface area contributed by atoms with Crippen LogP contribution in [0.1, 0.15) is 11.1 Å². The van der Waals surface area contributed by atoms with Gasteiger partial charge in [0.15, 0.2) is 0 Å². The second kappa shape index (κ2) is 14.3. The number of aryl methyl sites for hydroxylation is 2. The van der Waals surface area contributed by atoms with Gasteiger partial charge in [-0.05, 0) is 73.9 Å². The molecular weight excluding hydrogens is 526 g/mol. The average Bonchev–Trinajstić information content (AvgIpc) is 2.79. The first-order valence-electron chi connectivity index (χ1n) is 9.20. The molecule has 6 nitrogen and oxygen atoms in total. The van der Waals surface area contributed by atoms with Gasteiger partial charge in [0.1, 0.15) is 11.5 Å². The third-order valence-electron chi connectivity index (χ3n) is 4.06. The minimum Gasteiger partial charge on any atom is -0.424 e. The normalized spacial score (nSPS) is 11.5. The van der Waals surface area contributed by atoms with Crippen molar-refractivity contribution in [2.75, 3.05) is 41.0 Å². The predicted octanol–water partition coefficient (Wildman–Crippen LogP) is 7.23. The van der Waals surface area contributed by atoms with Gasteiger partial charge in [0.2, 0.25) is 0 Å². The van der Waals surface area contributed by atoms with Crippen LogP contribution >= 0.6 is 37.0 Å². The zero-order valence-corrected chi connectivity index (χ0v) is 24.5. The summed E-state index contributed by atoms with van der Waals surface area (Å²) in [6.07, 6.45) is 4.08. The highest BCUT2D eigenvalue weighted by Gasteiger charge is 2.19. The Morgan fingerprint density at radius 3 is 1.16 bits per heavy atom. The molecule has 0 radical (unpaired) electrons. The van der Waals surface area contributed by atoms with Crippen molar-refractivity contribution in [1.29, 1.82) is 0 Å². The van der Waals surface area contributed by atoms with Crippen molar-refractivity contribution in [2.24, 2.45) is 0 Å². The summed E-state index contributed by atoms with van der Waals surface area (Å²) >= 11 is 13.7. The minimum absolute atomic E-state index is 0.683. The van der Waals surface area contributed by atoms with Crippen molar-refractivity contribution in [3.63, 3.8) is 0 Å². The molecule has 0 amide bonds. The van der Waals surface area contributed by atoms with Gasteiger partial charge in [-0.15, -0.1) is 23.5 Å². The van der Waals surface area contributed by atoms with Crippen molar-refractivity contribution >= 4 is 60.6 Å². The first kappa shape index (κ1) is 29.9. The van der Waals surface area contributed by atoms with Crippen LogP contribution in [0, 0.1) is 13.8 Å². The molecule has 0 aliphatic heterocycles. The van der Waals surface area contributed by atoms with Crippen LogP contribution in [0.25, 0.3) is 0 Å². The maximum absolute atomic E-state index is 5.55. The largest absolute Gasteiger partial charge is 0.424 e. The van der Waals surface area contributed by atoms with Crippen molar-refractivity contribution in [3.8, 4) is 11.5 Å². The van der Waals surface area contributed by atoms with E-state index < -0.39 is 13.4 Å². The number of thioether (sulfide) groups is 2. The standard InChI is InChI=1S/2C10H15O3PS2/c2*1-8-7-9(5-6-10(8)16-4)13-14(15,11-2)12-3/h2*5-7H,1-4H3. The van der Waals surface area contributed by atoms with Crippen LogP contribution in [0.3, 0.4) is 0 Å². The van der Waals surface area contributed by atoms with Crippen molar-refractivity contribution < 1.29 is 27.1 Å². The van der Waals surface area contributed by atoms with Crippen molar-refractivity contribution in [1.82, 2.24) is 0 Å². The first-order chi connectivity index (χ1) is 15.1. The Balaban J connectivity index is 0.000000320. The number of hydrogen-bond donors (Lipinski definition) is 0. The van der Waals surface area contributed by atoms with Crippen LogP contribution in [0.5, 0.6) is 11.5 Å². The zero-order valence-electron chi connectivity index (χ0n) is 19.4. The molecule has 0 atom stereocenters. The number of hydrogen-bond acceptors (Lipinski definition) is 10. The molecule has 2 rings (SSSR count). The Morgan fingerprint density at radius 1 is 0.625 bits per heavy atom. The van der Waals surface area contributed by atoms with Gasteiger partial charge in [-0.3, -0.25) is 0 Å². The highest BCUT2D eigenvalue weighted by Crippen LogP contribution is 2.49. The Bertz CT molecular complexity index is 880. The fraction of sp³-hybridized carbons (Fsp3) is 0.400. The van der Waals surface area contributed by atoms with E-state index in [0.29, 0.717) is 11.5 Å². The highest BCUT2D eigenvalue weighted by atomic mass is 32.5. The van der Waals surface area contributed by atoms with E-state index in [1.807, 2.05) is 62.8 Å². The number of rotatable bonds is 10. The summed E-state index contributed by atoms with van der Waals surface area (Å²) in [7, 11) is 5.97. The highest BCUT2D eigenvalue weighted by molar-refractivity contribution is 8.08. The molecule has 2 aromatic rings. The molecule has 0 fully saturated rings. The molecule has 0 saturated heterocycles. The zero-order chi connectivity index (χ0) is 24.4. The smallest absolute Gasteiger partial charge is 0.380 e. The molecule has 0 bridgehead atoms. The van der Waals surface area contributed by atoms with Gasteiger partial charge in [-0.2, -0.15) is 0 Å². The van der Waals surface area contributed by atoms with E-state index in [1.165, 1.54) is 38.2 Å². The average molecular weight is 557 g/mol. The molecule has 0 aliphatic carbocycles. The Labute approximate surface area is 210 Å². The van der Waals surface area contributed by atoms with Crippen LogP contribution in [-0.4, -0.2) is 41.0 Å². The maximum atomic E-state index is 5.55. The molecule has 180 valence electrons. The third-order valence-corrected chi connectivity index (χ3v) is 10.8. The summed E-state index contributed by atoms with van der Waals surface area (Å²) in [6, 6.07) is 11.6. The fourth-order valence-corrected chi connectivity index (χ4v) is 5.40. The minimum atomic E-state index is -2.62. The van der Waals surface area contributed by atoms with Gasteiger partial charge < -0.3 is 27.1 Å². The lowest BCUT2D eigenvalue weighted by Gasteiger charge is -2.18. The summed E-state index contributed by atoms with van der Waals surface area (Å²) in [6.45, 7) is -1.18. The van der Waals surface area contributed by atoms with Crippen LogP contribution in [0.4, 0.5) is 0 Å². The van der Waals surface area contributed by atoms with Crippen molar-refractivity contribution in [2.45, 2.75) is 23.6 Å². The fourth-order valence-electron chi connectivity index (χ4n) is 2.37. The van der Waals surface area contributed by atoms with Crippen LogP contribution in [-0.2, 0) is 41.7 Å². The molecule has 0 aromatic heterocycles. The lowest BCUT2D eigenvalue weighted by atomic mass is 10.2. The molecular formula is C20H30O6P2S4. The second-order valence-electron chi connectivity index (χ2n) is 6.07. The van der Waals surface area contributed by atoms with Gasteiger partial charge in [0, 0.05) is 61.8 Å².